The number of aromatic nitrogens is 3. The molecule has 1 saturated carbocycles. The smallest absolute Gasteiger partial charge is 0.225 e. The lowest BCUT2D eigenvalue weighted by atomic mass is 9.64. The number of rotatable bonds is 3. The molecule has 2 aliphatic rings. The summed E-state index contributed by atoms with van der Waals surface area (Å²) in [4.78, 5) is 14.5. The predicted molar refractivity (Wildman–Crippen MR) is 75.8 cm³/mol. The molecule has 0 unspecified atom stereocenters. The van der Waals surface area contributed by atoms with Gasteiger partial charge in [-0.05, 0) is 37.0 Å². The number of nitrogens with zero attached hydrogens (tertiary/aromatic N) is 4. The van der Waals surface area contributed by atoms with E-state index in [9.17, 15) is 4.79 Å². The standard InChI is InChI=1S/C15H24N4O/c1-15(2)7-13(8-15)14(20)19-5-3-12(4-6-19)9-18-10-16-17-11-18/h10-13H,3-9H2,1-2H3. The number of hydrogen-bond acceptors (Lipinski definition) is 3. The Kier molecular flexibility index (Phi) is 3.52. The molecular formula is C15H24N4O. The minimum absolute atomic E-state index is 0.291. The maximum atomic E-state index is 12.4. The third-order valence-corrected chi connectivity index (χ3v) is 4.81. The van der Waals surface area contributed by atoms with Crippen LogP contribution in [0.1, 0.15) is 39.5 Å². The molecule has 20 heavy (non-hydrogen) atoms. The molecule has 2 fully saturated rings. The number of carbonyl (C=O) groups is 1. The Labute approximate surface area is 120 Å². The molecule has 1 amide bonds. The Morgan fingerprint density at radius 2 is 1.80 bits per heavy atom. The van der Waals surface area contributed by atoms with Crippen LogP contribution in [-0.2, 0) is 11.3 Å². The molecule has 5 nitrogen and oxygen atoms in total. The van der Waals surface area contributed by atoms with E-state index in [0.29, 0.717) is 23.2 Å². The summed E-state index contributed by atoms with van der Waals surface area (Å²) in [5.41, 5.74) is 0.382. The number of hydrogen-bond donors (Lipinski definition) is 0. The van der Waals surface area contributed by atoms with Gasteiger partial charge in [-0.3, -0.25) is 4.79 Å². The third-order valence-electron chi connectivity index (χ3n) is 4.81. The molecule has 1 aliphatic carbocycles. The van der Waals surface area contributed by atoms with E-state index in [-0.39, 0.29) is 0 Å². The Balaban J connectivity index is 1.45. The van der Waals surface area contributed by atoms with Crippen molar-refractivity contribution in [2.75, 3.05) is 13.1 Å². The van der Waals surface area contributed by atoms with Crippen molar-refractivity contribution in [3.05, 3.63) is 12.7 Å². The SMILES string of the molecule is CC1(C)CC(C(=O)N2CCC(Cn3cnnc3)CC2)C1. The van der Waals surface area contributed by atoms with Gasteiger partial charge in [-0.15, -0.1) is 10.2 Å². The largest absolute Gasteiger partial charge is 0.342 e. The summed E-state index contributed by atoms with van der Waals surface area (Å²) in [5.74, 6) is 1.33. The van der Waals surface area contributed by atoms with Crippen LogP contribution < -0.4 is 0 Å². The quantitative estimate of drug-likeness (QED) is 0.848. The van der Waals surface area contributed by atoms with Crippen LogP contribution in [0.2, 0.25) is 0 Å². The van der Waals surface area contributed by atoms with Gasteiger partial charge < -0.3 is 9.47 Å². The Bertz CT molecular complexity index is 452. The number of piperidine rings is 1. The number of amides is 1. The summed E-state index contributed by atoms with van der Waals surface area (Å²) in [7, 11) is 0. The Hall–Kier alpha value is -1.39. The summed E-state index contributed by atoms with van der Waals surface area (Å²) in [6, 6.07) is 0. The summed E-state index contributed by atoms with van der Waals surface area (Å²) >= 11 is 0. The molecule has 1 aromatic rings. The lowest BCUT2D eigenvalue weighted by molar-refractivity contribution is -0.144. The van der Waals surface area contributed by atoms with Gasteiger partial charge >= 0.3 is 0 Å². The highest BCUT2D eigenvalue weighted by Gasteiger charge is 2.42. The van der Waals surface area contributed by atoms with E-state index in [4.69, 9.17) is 0 Å². The van der Waals surface area contributed by atoms with Crippen molar-refractivity contribution in [1.29, 1.82) is 0 Å². The minimum atomic E-state index is 0.291. The first-order valence-corrected chi connectivity index (χ1v) is 7.65. The van der Waals surface area contributed by atoms with Gasteiger partial charge in [-0.25, -0.2) is 0 Å². The highest BCUT2D eigenvalue weighted by Crippen LogP contribution is 2.45. The van der Waals surface area contributed by atoms with Gasteiger partial charge in [-0.1, -0.05) is 13.8 Å². The van der Waals surface area contributed by atoms with Crippen LogP contribution in [0.4, 0.5) is 0 Å². The van der Waals surface area contributed by atoms with Crippen LogP contribution in [0.3, 0.4) is 0 Å². The van der Waals surface area contributed by atoms with E-state index in [1.165, 1.54) is 0 Å². The van der Waals surface area contributed by atoms with Crippen LogP contribution >= 0.6 is 0 Å². The van der Waals surface area contributed by atoms with E-state index >= 15 is 0 Å². The van der Waals surface area contributed by atoms with Crippen molar-refractivity contribution < 1.29 is 4.79 Å². The van der Waals surface area contributed by atoms with Crippen LogP contribution in [0.25, 0.3) is 0 Å². The van der Waals surface area contributed by atoms with Gasteiger partial charge in [0.15, 0.2) is 0 Å². The molecule has 0 radical (unpaired) electrons. The average molecular weight is 276 g/mol. The highest BCUT2D eigenvalue weighted by atomic mass is 16.2. The van der Waals surface area contributed by atoms with E-state index in [2.05, 4.69) is 28.9 Å². The molecule has 3 rings (SSSR count). The number of carbonyl (C=O) groups excluding carboxylic acids is 1. The maximum Gasteiger partial charge on any atom is 0.225 e. The summed E-state index contributed by atoms with van der Waals surface area (Å²) in [6.07, 6.45) is 7.86. The zero-order valence-electron chi connectivity index (χ0n) is 12.5. The molecule has 0 aromatic carbocycles. The fourth-order valence-corrected chi connectivity index (χ4v) is 3.66. The van der Waals surface area contributed by atoms with Gasteiger partial charge in [0.1, 0.15) is 12.7 Å². The van der Waals surface area contributed by atoms with Crippen molar-refractivity contribution in [3.8, 4) is 0 Å². The van der Waals surface area contributed by atoms with E-state index in [0.717, 1.165) is 45.3 Å². The van der Waals surface area contributed by atoms with Crippen molar-refractivity contribution in [3.63, 3.8) is 0 Å². The molecule has 1 aromatic heterocycles. The van der Waals surface area contributed by atoms with Crippen LogP contribution in [0.5, 0.6) is 0 Å². The summed E-state index contributed by atoms with van der Waals surface area (Å²) in [6.45, 7) is 7.32. The van der Waals surface area contributed by atoms with Crippen molar-refractivity contribution in [2.45, 2.75) is 46.1 Å². The van der Waals surface area contributed by atoms with E-state index in [1.807, 2.05) is 4.57 Å². The van der Waals surface area contributed by atoms with Gasteiger partial charge in [0.2, 0.25) is 5.91 Å². The second-order valence-corrected chi connectivity index (χ2v) is 7.20. The second kappa shape index (κ2) is 5.19. The monoisotopic (exact) mass is 276 g/mol. The molecule has 0 atom stereocenters. The molecule has 1 aliphatic heterocycles. The third kappa shape index (κ3) is 2.86. The first kappa shape index (κ1) is 13.6. The molecular weight excluding hydrogens is 252 g/mol. The Morgan fingerprint density at radius 1 is 1.20 bits per heavy atom. The Morgan fingerprint density at radius 3 is 2.35 bits per heavy atom. The molecule has 110 valence electrons. The van der Waals surface area contributed by atoms with Crippen LogP contribution in [0, 0.1) is 17.3 Å². The minimum Gasteiger partial charge on any atom is -0.342 e. The van der Waals surface area contributed by atoms with Crippen molar-refractivity contribution in [2.24, 2.45) is 17.3 Å². The molecule has 0 spiro atoms. The first-order chi connectivity index (χ1) is 9.53. The highest BCUT2D eigenvalue weighted by molar-refractivity contribution is 5.80. The van der Waals surface area contributed by atoms with Gasteiger partial charge in [0, 0.05) is 25.6 Å². The first-order valence-electron chi connectivity index (χ1n) is 7.65. The normalized spacial score (nSPS) is 23.6. The lowest BCUT2D eigenvalue weighted by Gasteiger charge is -2.44. The average Bonchev–Trinajstić information content (AvgIpc) is 2.89. The van der Waals surface area contributed by atoms with Crippen LogP contribution in [-0.4, -0.2) is 38.7 Å². The second-order valence-electron chi connectivity index (χ2n) is 7.20. The van der Waals surface area contributed by atoms with Gasteiger partial charge in [0.25, 0.3) is 0 Å². The summed E-state index contributed by atoms with van der Waals surface area (Å²) < 4.78 is 2.04. The van der Waals surface area contributed by atoms with Gasteiger partial charge in [-0.2, -0.15) is 0 Å². The topological polar surface area (TPSA) is 51.0 Å². The zero-order valence-corrected chi connectivity index (χ0v) is 12.5. The predicted octanol–water partition coefficient (Wildman–Crippen LogP) is 1.95. The number of likely N-dealkylation sites (tertiary alicyclic amines) is 1. The van der Waals surface area contributed by atoms with Crippen molar-refractivity contribution >= 4 is 5.91 Å². The molecule has 2 heterocycles. The lowest BCUT2D eigenvalue weighted by Crippen LogP contribution is -2.47. The van der Waals surface area contributed by atoms with Crippen molar-refractivity contribution in [1.82, 2.24) is 19.7 Å². The fraction of sp³-hybridized carbons (Fsp3) is 0.800. The van der Waals surface area contributed by atoms with Gasteiger partial charge in [0.05, 0.1) is 0 Å². The molecule has 1 saturated heterocycles. The maximum absolute atomic E-state index is 12.4. The fourth-order valence-electron chi connectivity index (χ4n) is 3.66. The zero-order chi connectivity index (χ0) is 14.2. The summed E-state index contributed by atoms with van der Waals surface area (Å²) in [5, 5.41) is 7.67. The van der Waals surface area contributed by atoms with Crippen LogP contribution in [0.15, 0.2) is 12.7 Å². The molecule has 5 heteroatoms. The van der Waals surface area contributed by atoms with E-state index < -0.39 is 0 Å². The van der Waals surface area contributed by atoms with E-state index in [1.54, 1.807) is 12.7 Å². The molecule has 0 bridgehead atoms. The molecule has 0 N–H and O–H groups in total.